The van der Waals surface area contributed by atoms with Gasteiger partial charge in [-0.15, -0.1) is 5.10 Å². The third-order valence-electron chi connectivity index (χ3n) is 3.14. The first-order valence-corrected chi connectivity index (χ1v) is 7.44. The lowest BCUT2D eigenvalue weighted by atomic mass is 10.2. The Morgan fingerprint density at radius 2 is 2.04 bits per heavy atom. The predicted octanol–water partition coefficient (Wildman–Crippen LogP) is 4.46. The minimum absolute atomic E-state index is 0.0289. The van der Waals surface area contributed by atoms with Crippen LogP contribution in [0.5, 0.6) is 0 Å². The monoisotopic (exact) mass is 374 g/mol. The van der Waals surface area contributed by atoms with E-state index in [0.717, 1.165) is 15.7 Å². The van der Waals surface area contributed by atoms with Crippen LogP contribution in [0.1, 0.15) is 5.56 Å². The number of nitrogens with one attached hydrogen (secondary N) is 1. The van der Waals surface area contributed by atoms with E-state index in [1.807, 2.05) is 25.1 Å². The van der Waals surface area contributed by atoms with Crippen molar-refractivity contribution in [3.05, 3.63) is 62.6 Å². The van der Waals surface area contributed by atoms with Crippen LogP contribution < -0.4 is 5.32 Å². The molecular weight excluding hydrogens is 364 g/mol. The zero-order valence-corrected chi connectivity index (χ0v) is 13.6. The van der Waals surface area contributed by atoms with Crippen molar-refractivity contribution >= 4 is 33.3 Å². The Hall–Kier alpha value is -2.74. The number of nitro benzene ring substituents is 1. The standard InChI is InChI=1S/C15H11BrN4O3/c1-9-7-11(5-6-13(9)16)17-15-19-18-14(23-15)10-3-2-4-12(8-10)20(21)22/h2-8H,1H3,(H,17,19). The molecule has 0 aliphatic carbocycles. The number of halogens is 1. The Balaban J connectivity index is 1.84. The van der Waals surface area contributed by atoms with E-state index in [-0.39, 0.29) is 17.6 Å². The molecule has 0 atom stereocenters. The fourth-order valence-electron chi connectivity index (χ4n) is 1.99. The average Bonchev–Trinajstić information content (AvgIpc) is 2.99. The Morgan fingerprint density at radius 1 is 1.22 bits per heavy atom. The summed E-state index contributed by atoms with van der Waals surface area (Å²) in [6.45, 7) is 1.97. The molecule has 0 amide bonds. The summed E-state index contributed by atoms with van der Waals surface area (Å²) >= 11 is 3.43. The third kappa shape index (κ3) is 3.37. The number of anilines is 2. The van der Waals surface area contributed by atoms with Crippen LogP contribution >= 0.6 is 15.9 Å². The lowest BCUT2D eigenvalue weighted by molar-refractivity contribution is -0.384. The number of aromatic nitrogens is 2. The lowest BCUT2D eigenvalue weighted by Crippen LogP contribution is -1.91. The minimum Gasteiger partial charge on any atom is -0.403 e. The fourth-order valence-corrected chi connectivity index (χ4v) is 2.24. The third-order valence-corrected chi connectivity index (χ3v) is 4.03. The SMILES string of the molecule is Cc1cc(Nc2nnc(-c3cccc([N+](=O)[O-])c3)o2)ccc1Br. The van der Waals surface area contributed by atoms with Crippen LogP contribution in [-0.2, 0) is 0 Å². The van der Waals surface area contributed by atoms with Gasteiger partial charge in [-0.3, -0.25) is 10.1 Å². The molecule has 2 aromatic carbocycles. The predicted molar refractivity (Wildman–Crippen MR) is 88.6 cm³/mol. The second-order valence-electron chi connectivity index (χ2n) is 4.81. The minimum atomic E-state index is -0.469. The number of non-ortho nitro benzene ring substituents is 1. The smallest absolute Gasteiger partial charge is 0.320 e. The van der Waals surface area contributed by atoms with Crippen molar-refractivity contribution in [1.82, 2.24) is 10.2 Å². The molecule has 0 aliphatic rings. The van der Waals surface area contributed by atoms with Crippen molar-refractivity contribution in [2.45, 2.75) is 6.92 Å². The number of aryl methyl sites for hydroxylation is 1. The first-order chi connectivity index (χ1) is 11.0. The van der Waals surface area contributed by atoms with Gasteiger partial charge < -0.3 is 9.73 Å². The van der Waals surface area contributed by atoms with E-state index in [4.69, 9.17) is 4.42 Å². The van der Waals surface area contributed by atoms with Gasteiger partial charge in [0.1, 0.15) is 0 Å². The summed E-state index contributed by atoms with van der Waals surface area (Å²) < 4.78 is 6.52. The fraction of sp³-hybridized carbons (Fsp3) is 0.0667. The highest BCUT2D eigenvalue weighted by Gasteiger charge is 2.13. The molecule has 1 heterocycles. The zero-order valence-electron chi connectivity index (χ0n) is 12.0. The summed E-state index contributed by atoms with van der Waals surface area (Å²) in [7, 11) is 0. The summed E-state index contributed by atoms with van der Waals surface area (Å²) in [4.78, 5) is 10.3. The molecule has 116 valence electrons. The van der Waals surface area contributed by atoms with Crippen LogP contribution in [0.3, 0.4) is 0 Å². The van der Waals surface area contributed by atoms with E-state index in [0.29, 0.717) is 5.56 Å². The summed E-state index contributed by atoms with van der Waals surface area (Å²) in [5, 5.41) is 21.6. The van der Waals surface area contributed by atoms with E-state index < -0.39 is 4.92 Å². The molecule has 0 radical (unpaired) electrons. The van der Waals surface area contributed by atoms with E-state index in [1.54, 1.807) is 12.1 Å². The van der Waals surface area contributed by atoms with Crippen molar-refractivity contribution in [1.29, 1.82) is 0 Å². The van der Waals surface area contributed by atoms with Crippen LogP contribution in [0.15, 0.2) is 51.4 Å². The average molecular weight is 375 g/mol. The zero-order chi connectivity index (χ0) is 16.4. The van der Waals surface area contributed by atoms with Crippen molar-refractivity contribution < 1.29 is 9.34 Å². The molecule has 7 nitrogen and oxygen atoms in total. The number of benzene rings is 2. The molecule has 0 bridgehead atoms. The van der Waals surface area contributed by atoms with E-state index >= 15 is 0 Å². The molecule has 0 aliphatic heterocycles. The van der Waals surface area contributed by atoms with E-state index in [1.165, 1.54) is 12.1 Å². The van der Waals surface area contributed by atoms with E-state index in [2.05, 4.69) is 31.4 Å². The van der Waals surface area contributed by atoms with Gasteiger partial charge in [0.05, 0.1) is 4.92 Å². The molecule has 8 heteroatoms. The maximum absolute atomic E-state index is 10.8. The van der Waals surface area contributed by atoms with Gasteiger partial charge in [-0.25, -0.2) is 0 Å². The lowest BCUT2D eigenvalue weighted by Gasteiger charge is -2.03. The second kappa shape index (κ2) is 6.17. The van der Waals surface area contributed by atoms with Gasteiger partial charge in [0.2, 0.25) is 5.89 Å². The van der Waals surface area contributed by atoms with Gasteiger partial charge in [-0.05, 0) is 36.8 Å². The Kier molecular flexibility index (Phi) is 4.07. The molecule has 23 heavy (non-hydrogen) atoms. The van der Waals surface area contributed by atoms with Gasteiger partial charge in [0.15, 0.2) is 0 Å². The van der Waals surface area contributed by atoms with Crippen LogP contribution in [0.4, 0.5) is 17.4 Å². The number of nitro groups is 1. The maximum atomic E-state index is 10.8. The first kappa shape index (κ1) is 15.2. The van der Waals surface area contributed by atoms with Gasteiger partial charge in [0, 0.05) is 27.9 Å². The first-order valence-electron chi connectivity index (χ1n) is 6.64. The Labute approximate surface area is 139 Å². The normalized spacial score (nSPS) is 10.5. The molecule has 1 aromatic heterocycles. The van der Waals surface area contributed by atoms with Gasteiger partial charge in [-0.2, -0.15) is 0 Å². The molecule has 0 saturated heterocycles. The van der Waals surface area contributed by atoms with Crippen LogP contribution in [0, 0.1) is 17.0 Å². The highest BCUT2D eigenvalue weighted by Crippen LogP contribution is 2.26. The van der Waals surface area contributed by atoms with Gasteiger partial charge in [-0.1, -0.05) is 27.1 Å². The summed E-state index contributed by atoms with van der Waals surface area (Å²) in [6, 6.07) is 12.0. The molecule has 0 fully saturated rings. The van der Waals surface area contributed by atoms with Crippen LogP contribution in [0.2, 0.25) is 0 Å². The largest absolute Gasteiger partial charge is 0.403 e. The van der Waals surface area contributed by atoms with Crippen molar-refractivity contribution in [3.63, 3.8) is 0 Å². The van der Waals surface area contributed by atoms with E-state index in [9.17, 15) is 10.1 Å². The van der Waals surface area contributed by atoms with Crippen LogP contribution in [-0.4, -0.2) is 15.1 Å². The maximum Gasteiger partial charge on any atom is 0.320 e. The highest BCUT2D eigenvalue weighted by molar-refractivity contribution is 9.10. The number of hydrogen-bond acceptors (Lipinski definition) is 6. The van der Waals surface area contributed by atoms with Crippen LogP contribution in [0.25, 0.3) is 11.5 Å². The topological polar surface area (TPSA) is 94.1 Å². The molecule has 0 spiro atoms. The van der Waals surface area contributed by atoms with Crippen molar-refractivity contribution in [2.24, 2.45) is 0 Å². The molecule has 3 aromatic rings. The number of rotatable bonds is 4. The molecule has 0 unspecified atom stereocenters. The molecule has 1 N–H and O–H groups in total. The molecule has 3 rings (SSSR count). The number of hydrogen-bond donors (Lipinski definition) is 1. The van der Waals surface area contributed by atoms with Crippen molar-refractivity contribution in [2.75, 3.05) is 5.32 Å². The summed E-state index contributed by atoms with van der Waals surface area (Å²) in [5.74, 6) is 0.213. The highest BCUT2D eigenvalue weighted by atomic mass is 79.9. The quantitative estimate of drug-likeness (QED) is 0.535. The summed E-state index contributed by atoms with van der Waals surface area (Å²) in [5.41, 5.74) is 2.33. The van der Waals surface area contributed by atoms with Crippen molar-refractivity contribution in [3.8, 4) is 11.5 Å². The molecular formula is C15H11BrN4O3. The van der Waals surface area contributed by atoms with Gasteiger partial charge >= 0.3 is 6.01 Å². The summed E-state index contributed by atoms with van der Waals surface area (Å²) in [6.07, 6.45) is 0. The second-order valence-corrected chi connectivity index (χ2v) is 5.66. The van der Waals surface area contributed by atoms with Gasteiger partial charge in [0.25, 0.3) is 5.69 Å². The number of nitrogens with zero attached hydrogens (tertiary/aromatic N) is 3. The Morgan fingerprint density at radius 3 is 2.78 bits per heavy atom. The molecule has 0 saturated carbocycles. The Bertz CT molecular complexity index is 879.